The van der Waals surface area contributed by atoms with Crippen LogP contribution in [0.15, 0.2) is 16.8 Å². The molecule has 0 aromatic carbocycles. The fourth-order valence-electron chi connectivity index (χ4n) is 2.50. The minimum Gasteiger partial charge on any atom is -0.326 e. The Kier molecular flexibility index (Phi) is 4.91. The van der Waals surface area contributed by atoms with Gasteiger partial charge in [-0.2, -0.15) is 23.1 Å². The molecule has 2 heterocycles. The lowest BCUT2D eigenvalue weighted by atomic mass is 9.97. The molecule has 0 aliphatic carbocycles. The van der Waals surface area contributed by atoms with E-state index in [-0.39, 0.29) is 6.04 Å². The topological polar surface area (TPSA) is 29.3 Å². The molecule has 1 fully saturated rings. The Hall–Kier alpha value is -0.0300. The lowest BCUT2D eigenvalue weighted by Crippen LogP contribution is -2.48. The Balaban J connectivity index is 2.20. The zero-order valence-electron chi connectivity index (χ0n) is 10.6. The van der Waals surface area contributed by atoms with Gasteiger partial charge in [0, 0.05) is 30.1 Å². The molecular weight excluding hydrogens is 248 g/mol. The number of thiophene rings is 1. The van der Waals surface area contributed by atoms with E-state index >= 15 is 0 Å². The molecule has 1 saturated heterocycles. The summed E-state index contributed by atoms with van der Waals surface area (Å²) in [4.78, 5) is 2.60. The number of nitrogens with zero attached hydrogens (tertiary/aromatic N) is 1. The Labute approximate surface area is 113 Å². The number of hydrogen-bond donors (Lipinski definition) is 1. The Bertz CT molecular complexity index is 326. The Morgan fingerprint density at radius 3 is 3.00 bits per heavy atom. The third kappa shape index (κ3) is 3.05. The summed E-state index contributed by atoms with van der Waals surface area (Å²) in [6, 6.07) is 3.52. The number of thioether (sulfide) groups is 1. The highest BCUT2D eigenvalue weighted by atomic mass is 32.2. The summed E-state index contributed by atoms with van der Waals surface area (Å²) in [5, 5.41) is 4.42. The van der Waals surface area contributed by atoms with Crippen molar-refractivity contribution in [3.8, 4) is 0 Å². The maximum Gasteiger partial charge on any atom is 0.0510 e. The van der Waals surface area contributed by atoms with E-state index in [4.69, 9.17) is 5.73 Å². The first-order valence-electron chi connectivity index (χ1n) is 6.35. The molecule has 1 aliphatic heterocycles. The van der Waals surface area contributed by atoms with Crippen LogP contribution in [0.25, 0.3) is 0 Å². The molecule has 2 nitrogen and oxygen atoms in total. The highest BCUT2D eigenvalue weighted by molar-refractivity contribution is 7.99. The summed E-state index contributed by atoms with van der Waals surface area (Å²) in [6.45, 7) is 5.68. The quantitative estimate of drug-likeness (QED) is 0.912. The van der Waals surface area contributed by atoms with Crippen molar-refractivity contribution in [2.75, 3.05) is 18.1 Å². The molecule has 0 amide bonds. The predicted molar refractivity (Wildman–Crippen MR) is 78.8 cm³/mol. The summed E-state index contributed by atoms with van der Waals surface area (Å²) in [7, 11) is 0. The van der Waals surface area contributed by atoms with Crippen LogP contribution in [-0.2, 0) is 0 Å². The van der Waals surface area contributed by atoms with Gasteiger partial charge in [-0.15, -0.1) is 0 Å². The molecule has 2 rings (SSSR count). The van der Waals surface area contributed by atoms with Crippen LogP contribution in [0.2, 0.25) is 0 Å². The van der Waals surface area contributed by atoms with E-state index in [0.29, 0.717) is 12.1 Å². The third-order valence-electron chi connectivity index (χ3n) is 3.54. The second kappa shape index (κ2) is 6.23. The minimum absolute atomic E-state index is 0.246. The summed E-state index contributed by atoms with van der Waals surface area (Å²) in [6.07, 6.45) is 1.04. The predicted octanol–water partition coefficient (Wildman–Crippen LogP) is 2.96. The molecule has 2 N–H and O–H groups in total. The number of nitrogens with two attached hydrogens (primary N) is 1. The molecule has 0 spiro atoms. The minimum atomic E-state index is 0.246. The van der Waals surface area contributed by atoms with Crippen molar-refractivity contribution in [1.82, 2.24) is 4.90 Å². The fraction of sp³-hybridized carbons (Fsp3) is 0.692. The van der Waals surface area contributed by atoms with E-state index in [2.05, 4.69) is 47.3 Å². The SMILES string of the molecule is CCC(N)C(c1ccsc1)N1CCSCC1C. The second-order valence-electron chi connectivity index (χ2n) is 4.74. The standard InChI is InChI=1S/C13H22N2S2/c1-3-12(14)13(11-4-6-16-9-11)15-5-7-17-8-10(15)2/h4,6,9-10,12-13H,3,5,7-8,14H2,1-2H3. The second-order valence-corrected chi connectivity index (χ2v) is 6.67. The summed E-state index contributed by atoms with van der Waals surface area (Å²) < 4.78 is 0. The normalized spacial score (nSPS) is 25.7. The van der Waals surface area contributed by atoms with Crippen LogP contribution in [0.4, 0.5) is 0 Å². The molecule has 96 valence electrons. The van der Waals surface area contributed by atoms with Gasteiger partial charge in [-0.3, -0.25) is 4.90 Å². The van der Waals surface area contributed by atoms with E-state index in [1.807, 2.05) is 0 Å². The van der Waals surface area contributed by atoms with Gasteiger partial charge in [-0.05, 0) is 35.7 Å². The van der Waals surface area contributed by atoms with Gasteiger partial charge < -0.3 is 5.73 Å². The first-order chi connectivity index (χ1) is 8.24. The Morgan fingerprint density at radius 1 is 1.59 bits per heavy atom. The lowest BCUT2D eigenvalue weighted by molar-refractivity contribution is 0.138. The van der Waals surface area contributed by atoms with Gasteiger partial charge in [0.25, 0.3) is 0 Å². The molecule has 17 heavy (non-hydrogen) atoms. The van der Waals surface area contributed by atoms with Crippen molar-refractivity contribution in [2.24, 2.45) is 5.73 Å². The third-order valence-corrected chi connectivity index (χ3v) is 5.43. The fourth-order valence-corrected chi connectivity index (χ4v) is 4.23. The van der Waals surface area contributed by atoms with Gasteiger partial charge in [0.15, 0.2) is 0 Å². The van der Waals surface area contributed by atoms with Crippen molar-refractivity contribution in [2.45, 2.75) is 38.4 Å². The van der Waals surface area contributed by atoms with Crippen molar-refractivity contribution >= 4 is 23.1 Å². The average Bonchev–Trinajstić information content (AvgIpc) is 2.85. The number of rotatable bonds is 4. The number of hydrogen-bond acceptors (Lipinski definition) is 4. The van der Waals surface area contributed by atoms with Crippen LogP contribution in [0, 0.1) is 0 Å². The smallest absolute Gasteiger partial charge is 0.0510 e. The maximum absolute atomic E-state index is 6.36. The van der Waals surface area contributed by atoms with Gasteiger partial charge in [-0.1, -0.05) is 6.92 Å². The molecule has 3 atom stereocenters. The van der Waals surface area contributed by atoms with Crippen LogP contribution < -0.4 is 5.73 Å². The molecule has 1 aromatic rings. The van der Waals surface area contributed by atoms with Gasteiger partial charge >= 0.3 is 0 Å². The summed E-state index contributed by atoms with van der Waals surface area (Å²) in [5.41, 5.74) is 7.76. The first-order valence-corrected chi connectivity index (χ1v) is 8.45. The molecule has 4 heteroatoms. The molecule has 1 aromatic heterocycles. The molecular formula is C13H22N2S2. The van der Waals surface area contributed by atoms with Crippen molar-refractivity contribution in [3.63, 3.8) is 0 Å². The zero-order valence-corrected chi connectivity index (χ0v) is 12.3. The molecule has 3 unspecified atom stereocenters. The van der Waals surface area contributed by atoms with E-state index in [1.165, 1.54) is 23.6 Å². The molecule has 0 saturated carbocycles. The largest absolute Gasteiger partial charge is 0.326 e. The van der Waals surface area contributed by atoms with Gasteiger partial charge in [0.1, 0.15) is 0 Å². The van der Waals surface area contributed by atoms with Crippen LogP contribution in [0.1, 0.15) is 31.9 Å². The maximum atomic E-state index is 6.36. The molecule has 1 aliphatic rings. The van der Waals surface area contributed by atoms with Crippen LogP contribution in [0.5, 0.6) is 0 Å². The van der Waals surface area contributed by atoms with Crippen LogP contribution >= 0.6 is 23.1 Å². The highest BCUT2D eigenvalue weighted by Gasteiger charge is 2.31. The van der Waals surface area contributed by atoms with Gasteiger partial charge in [0.05, 0.1) is 6.04 Å². The monoisotopic (exact) mass is 270 g/mol. The van der Waals surface area contributed by atoms with Gasteiger partial charge in [0.2, 0.25) is 0 Å². The van der Waals surface area contributed by atoms with Crippen LogP contribution in [0.3, 0.4) is 0 Å². The molecule has 0 radical (unpaired) electrons. The van der Waals surface area contributed by atoms with Crippen molar-refractivity contribution in [1.29, 1.82) is 0 Å². The van der Waals surface area contributed by atoms with E-state index < -0.39 is 0 Å². The zero-order chi connectivity index (χ0) is 12.3. The molecule has 0 bridgehead atoms. The summed E-state index contributed by atoms with van der Waals surface area (Å²) >= 11 is 3.83. The summed E-state index contributed by atoms with van der Waals surface area (Å²) in [5.74, 6) is 2.47. The average molecular weight is 270 g/mol. The van der Waals surface area contributed by atoms with Crippen LogP contribution in [-0.4, -0.2) is 35.0 Å². The van der Waals surface area contributed by atoms with E-state index in [1.54, 1.807) is 11.3 Å². The van der Waals surface area contributed by atoms with E-state index in [9.17, 15) is 0 Å². The van der Waals surface area contributed by atoms with Crippen molar-refractivity contribution < 1.29 is 0 Å². The Morgan fingerprint density at radius 2 is 2.41 bits per heavy atom. The van der Waals surface area contributed by atoms with Crippen molar-refractivity contribution in [3.05, 3.63) is 22.4 Å². The van der Waals surface area contributed by atoms with E-state index in [0.717, 1.165) is 6.42 Å². The van der Waals surface area contributed by atoms with Gasteiger partial charge in [-0.25, -0.2) is 0 Å². The lowest BCUT2D eigenvalue weighted by Gasteiger charge is -2.41. The first kappa shape index (κ1) is 13.4. The highest BCUT2D eigenvalue weighted by Crippen LogP contribution is 2.31.